The van der Waals surface area contributed by atoms with Gasteiger partial charge in [0.25, 0.3) is 0 Å². The summed E-state index contributed by atoms with van der Waals surface area (Å²) in [4.78, 5) is 4.47. The molecule has 0 heterocycles. The highest BCUT2D eigenvalue weighted by Gasteiger charge is 2.30. The number of aliphatic imine (C=N–C) groups is 1. The second kappa shape index (κ2) is 7.41. The van der Waals surface area contributed by atoms with Gasteiger partial charge in [-0.3, -0.25) is 0 Å². The Bertz CT molecular complexity index is 467. The van der Waals surface area contributed by atoms with E-state index in [4.69, 9.17) is 0 Å². The van der Waals surface area contributed by atoms with E-state index in [-0.39, 0.29) is 5.82 Å². The van der Waals surface area contributed by atoms with Crippen LogP contribution in [0.4, 0.5) is 4.39 Å². The van der Waals surface area contributed by atoms with Gasteiger partial charge < -0.3 is 15.7 Å². The fourth-order valence-electron chi connectivity index (χ4n) is 2.56. The van der Waals surface area contributed by atoms with E-state index in [1.54, 1.807) is 12.1 Å². The first-order valence-electron chi connectivity index (χ1n) is 7.60. The van der Waals surface area contributed by atoms with Gasteiger partial charge in [-0.05, 0) is 37.5 Å². The van der Waals surface area contributed by atoms with Crippen molar-refractivity contribution in [2.45, 2.75) is 44.8 Å². The Morgan fingerprint density at radius 1 is 1.24 bits per heavy atom. The van der Waals surface area contributed by atoms with Crippen LogP contribution in [0.1, 0.15) is 38.2 Å². The van der Waals surface area contributed by atoms with Crippen LogP contribution in [0.25, 0.3) is 0 Å². The Kier molecular flexibility index (Phi) is 5.56. The van der Waals surface area contributed by atoms with Gasteiger partial charge in [-0.15, -0.1) is 0 Å². The number of halogens is 1. The first kappa shape index (κ1) is 15.8. The number of hydrogen-bond donors (Lipinski definition) is 3. The van der Waals surface area contributed by atoms with Gasteiger partial charge in [-0.1, -0.05) is 25.0 Å². The van der Waals surface area contributed by atoms with E-state index in [0.717, 1.165) is 37.8 Å². The van der Waals surface area contributed by atoms with Crippen molar-refractivity contribution in [2.24, 2.45) is 4.99 Å². The molecule has 0 atom stereocenters. The molecule has 1 aromatic rings. The lowest BCUT2D eigenvalue weighted by molar-refractivity contribution is 0.0522. The van der Waals surface area contributed by atoms with Crippen LogP contribution >= 0.6 is 0 Å². The Balaban J connectivity index is 1.90. The van der Waals surface area contributed by atoms with Gasteiger partial charge in [0.2, 0.25) is 0 Å². The maximum atomic E-state index is 12.9. The number of hydrogen-bond acceptors (Lipinski definition) is 2. The molecule has 21 heavy (non-hydrogen) atoms. The third-order valence-electron chi connectivity index (χ3n) is 3.80. The summed E-state index contributed by atoms with van der Waals surface area (Å²) in [5, 5.41) is 16.7. The van der Waals surface area contributed by atoms with Crippen LogP contribution in [0.3, 0.4) is 0 Å². The molecule has 0 aliphatic heterocycles. The minimum Gasteiger partial charge on any atom is -0.388 e. The van der Waals surface area contributed by atoms with E-state index in [0.29, 0.717) is 19.0 Å². The molecule has 0 amide bonds. The summed E-state index contributed by atoms with van der Waals surface area (Å²) in [6.45, 7) is 3.75. The third kappa shape index (κ3) is 5.01. The topological polar surface area (TPSA) is 56.7 Å². The molecule has 3 N–H and O–H groups in total. The van der Waals surface area contributed by atoms with Crippen molar-refractivity contribution in [3.8, 4) is 0 Å². The van der Waals surface area contributed by atoms with Crippen molar-refractivity contribution >= 4 is 5.96 Å². The molecule has 0 radical (unpaired) electrons. The van der Waals surface area contributed by atoms with Crippen LogP contribution in [0, 0.1) is 5.82 Å². The maximum absolute atomic E-state index is 12.9. The van der Waals surface area contributed by atoms with E-state index < -0.39 is 5.60 Å². The first-order chi connectivity index (χ1) is 10.1. The summed E-state index contributed by atoms with van der Waals surface area (Å²) in [5.74, 6) is 0.443. The SMILES string of the molecule is CCNC(=NCc1ccc(F)cc1)NCC1(O)CCCC1. The molecule has 0 spiro atoms. The number of benzene rings is 1. The Morgan fingerprint density at radius 3 is 2.52 bits per heavy atom. The summed E-state index contributed by atoms with van der Waals surface area (Å²) >= 11 is 0. The van der Waals surface area contributed by atoms with Crippen molar-refractivity contribution in [2.75, 3.05) is 13.1 Å². The smallest absolute Gasteiger partial charge is 0.191 e. The van der Waals surface area contributed by atoms with Crippen molar-refractivity contribution in [1.29, 1.82) is 0 Å². The van der Waals surface area contributed by atoms with Crippen LogP contribution in [0.2, 0.25) is 0 Å². The van der Waals surface area contributed by atoms with Gasteiger partial charge in [0, 0.05) is 13.1 Å². The molecule has 1 fully saturated rings. The molecule has 0 bridgehead atoms. The first-order valence-corrected chi connectivity index (χ1v) is 7.60. The largest absolute Gasteiger partial charge is 0.388 e. The molecule has 0 aromatic heterocycles. The molecule has 5 heteroatoms. The predicted molar refractivity (Wildman–Crippen MR) is 82.6 cm³/mol. The van der Waals surface area contributed by atoms with Gasteiger partial charge in [0.15, 0.2) is 5.96 Å². The zero-order valence-corrected chi connectivity index (χ0v) is 12.5. The third-order valence-corrected chi connectivity index (χ3v) is 3.80. The van der Waals surface area contributed by atoms with Crippen molar-refractivity contribution in [3.63, 3.8) is 0 Å². The standard InChI is InChI=1S/C16H24FN3O/c1-2-18-15(20-12-16(21)9-3-4-10-16)19-11-13-5-7-14(17)8-6-13/h5-8,21H,2-4,9-12H2,1H3,(H2,18,19,20). The normalized spacial score (nSPS) is 17.8. The molecule has 4 nitrogen and oxygen atoms in total. The fraction of sp³-hybridized carbons (Fsp3) is 0.562. The monoisotopic (exact) mass is 293 g/mol. The van der Waals surface area contributed by atoms with E-state index in [1.807, 2.05) is 6.92 Å². The van der Waals surface area contributed by atoms with E-state index >= 15 is 0 Å². The van der Waals surface area contributed by atoms with Crippen molar-refractivity contribution < 1.29 is 9.50 Å². The highest BCUT2D eigenvalue weighted by Crippen LogP contribution is 2.28. The predicted octanol–water partition coefficient (Wildman–Crippen LogP) is 2.19. The van der Waals surface area contributed by atoms with Crippen LogP contribution in [-0.2, 0) is 6.54 Å². The second-order valence-corrected chi connectivity index (χ2v) is 5.61. The van der Waals surface area contributed by atoms with Gasteiger partial charge in [0.05, 0.1) is 12.1 Å². The number of aliphatic hydroxyl groups is 1. The number of guanidine groups is 1. The summed E-state index contributed by atoms with van der Waals surface area (Å²) in [7, 11) is 0. The molecular formula is C16H24FN3O. The Morgan fingerprint density at radius 2 is 1.90 bits per heavy atom. The Labute approximate surface area is 125 Å². The summed E-state index contributed by atoms with van der Waals surface area (Å²) in [6.07, 6.45) is 3.86. The average Bonchev–Trinajstić information content (AvgIpc) is 2.91. The quantitative estimate of drug-likeness (QED) is 0.576. The molecule has 0 unspecified atom stereocenters. The van der Waals surface area contributed by atoms with Gasteiger partial charge in [-0.25, -0.2) is 9.38 Å². The highest BCUT2D eigenvalue weighted by atomic mass is 19.1. The maximum Gasteiger partial charge on any atom is 0.191 e. The molecule has 1 aromatic carbocycles. The minimum absolute atomic E-state index is 0.240. The van der Waals surface area contributed by atoms with Crippen LogP contribution in [0.15, 0.2) is 29.3 Å². The molecule has 2 rings (SSSR count). The fourth-order valence-corrected chi connectivity index (χ4v) is 2.56. The number of rotatable bonds is 5. The van der Waals surface area contributed by atoms with Gasteiger partial charge >= 0.3 is 0 Å². The number of nitrogens with one attached hydrogen (secondary N) is 2. The molecule has 1 aliphatic rings. The average molecular weight is 293 g/mol. The van der Waals surface area contributed by atoms with Crippen LogP contribution in [0.5, 0.6) is 0 Å². The van der Waals surface area contributed by atoms with Gasteiger partial charge in [-0.2, -0.15) is 0 Å². The minimum atomic E-state index is -0.605. The lowest BCUT2D eigenvalue weighted by atomic mass is 10.0. The van der Waals surface area contributed by atoms with Crippen LogP contribution < -0.4 is 10.6 Å². The second-order valence-electron chi connectivity index (χ2n) is 5.61. The lowest BCUT2D eigenvalue weighted by Crippen LogP contribution is -2.46. The molecule has 0 saturated heterocycles. The van der Waals surface area contributed by atoms with Crippen LogP contribution in [-0.4, -0.2) is 29.8 Å². The molecule has 1 aliphatic carbocycles. The highest BCUT2D eigenvalue weighted by molar-refractivity contribution is 5.79. The van der Waals surface area contributed by atoms with E-state index in [9.17, 15) is 9.50 Å². The van der Waals surface area contributed by atoms with Crippen molar-refractivity contribution in [3.05, 3.63) is 35.6 Å². The summed E-state index contributed by atoms with van der Waals surface area (Å²) in [5.41, 5.74) is 0.347. The summed E-state index contributed by atoms with van der Waals surface area (Å²) in [6, 6.07) is 6.33. The molecule has 116 valence electrons. The zero-order valence-electron chi connectivity index (χ0n) is 12.5. The zero-order chi connectivity index (χ0) is 15.1. The van der Waals surface area contributed by atoms with Crippen molar-refractivity contribution in [1.82, 2.24) is 10.6 Å². The lowest BCUT2D eigenvalue weighted by Gasteiger charge is -2.23. The van der Waals surface area contributed by atoms with Gasteiger partial charge in [0.1, 0.15) is 5.82 Å². The Hall–Kier alpha value is -1.62. The van der Waals surface area contributed by atoms with E-state index in [2.05, 4.69) is 15.6 Å². The molecular weight excluding hydrogens is 269 g/mol. The number of nitrogens with zero attached hydrogens (tertiary/aromatic N) is 1. The summed E-state index contributed by atoms with van der Waals surface area (Å²) < 4.78 is 12.9. The van der Waals surface area contributed by atoms with E-state index in [1.165, 1.54) is 12.1 Å². The molecule has 1 saturated carbocycles.